The SMILES string of the molecule is CCCCCCC/C=C\C/C=C\C/C=C\CCCCCCCCCCCCCCC(=O)NC(COC1OC(CO)C(O)C(O)C1O)C(O)/C=C/CC/C=C/CCCCCCCCCC. The lowest BCUT2D eigenvalue weighted by atomic mass is 9.99. The number of nitrogens with one attached hydrogen (secondary N) is 1. The fraction of sp³-hybridized carbons (Fsp3) is 0.800. The Labute approximate surface area is 392 Å². The molecule has 0 aliphatic carbocycles. The molecule has 1 heterocycles. The van der Waals surface area contributed by atoms with Gasteiger partial charge in [-0.05, 0) is 70.6 Å². The van der Waals surface area contributed by atoms with Gasteiger partial charge >= 0.3 is 0 Å². The highest BCUT2D eigenvalue weighted by Crippen LogP contribution is 2.23. The third-order valence-corrected chi connectivity index (χ3v) is 12.3. The van der Waals surface area contributed by atoms with E-state index in [2.05, 4.69) is 67.8 Å². The number of carbonyl (C=O) groups excluding carboxylic acids is 1. The largest absolute Gasteiger partial charge is 0.394 e. The summed E-state index contributed by atoms with van der Waals surface area (Å²) in [5, 5.41) is 54.3. The summed E-state index contributed by atoms with van der Waals surface area (Å²) in [6, 6.07) is -0.824. The molecule has 7 unspecified atom stereocenters. The zero-order valence-electron chi connectivity index (χ0n) is 41.0. The first kappa shape index (κ1) is 59.9. The van der Waals surface area contributed by atoms with E-state index in [9.17, 15) is 30.3 Å². The molecule has 9 heteroatoms. The minimum atomic E-state index is -1.57. The van der Waals surface area contributed by atoms with Crippen LogP contribution in [0, 0.1) is 0 Å². The summed E-state index contributed by atoms with van der Waals surface area (Å²) in [5.41, 5.74) is 0. The molecule has 64 heavy (non-hydrogen) atoms. The summed E-state index contributed by atoms with van der Waals surface area (Å²) in [7, 11) is 0. The molecular formula is C55H99NO8. The van der Waals surface area contributed by atoms with Gasteiger partial charge in [-0.15, -0.1) is 0 Å². The van der Waals surface area contributed by atoms with Gasteiger partial charge in [0.05, 0.1) is 25.4 Å². The van der Waals surface area contributed by atoms with Crippen LogP contribution in [0.15, 0.2) is 60.8 Å². The molecular weight excluding hydrogens is 803 g/mol. The first-order valence-electron chi connectivity index (χ1n) is 26.5. The molecule has 1 amide bonds. The van der Waals surface area contributed by atoms with E-state index in [1.54, 1.807) is 6.08 Å². The van der Waals surface area contributed by atoms with Crippen molar-refractivity contribution in [2.45, 2.75) is 269 Å². The highest BCUT2D eigenvalue weighted by atomic mass is 16.7. The molecule has 372 valence electrons. The molecule has 6 N–H and O–H groups in total. The molecule has 0 aromatic rings. The molecule has 7 atom stereocenters. The third-order valence-electron chi connectivity index (χ3n) is 12.3. The van der Waals surface area contributed by atoms with Gasteiger partial charge in [0.25, 0.3) is 0 Å². The van der Waals surface area contributed by atoms with Crippen LogP contribution < -0.4 is 5.32 Å². The predicted octanol–water partition coefficient (Wildman–Crippen LogP) is 12.3. The van der Waals surface area contributed by atoms with Gasteiger partial charge in [-0.3, -0.25) is 4.79 Å². The van der Waals surface area contributed by atoms with E-state index in [0.29, 0.717) is 6.42 Å². The molecule has 1 aliphatic rings. The first-order valence-corrected chi connectivity index (χ1v) is 26.5. The normalized spacial score (nSPS) is 20.5. The van der Waals surface area contributed by atoms with Crippen LogP contribution in [0.5, 0.6) is 0 Å². The van der Waals surface area contributed by atoms with Gasteiger partial charge in [-0.2, -0.15) is 0 Å². The van der Waals surface area contributed by atoms with Gasteiger partial charge in [-0.1, -0.05) is 209 Å². The lowest BCUT2D eigenvalue weighted by molar-refractivity contribution is -0.302. The van der Waals surface area contributed by atoms with Crippen LogP contribution in [0.3, 0.4) is 0 Å². The number of hydrogen-bond acceptors (Lipinski definition) is 8. The van der Waals surface area contributed by atoms with Crippen molar-refractivity contribution in [2.24, 2.45) is 0 Å². The maximum absolute atomic E-state index is 13.0. The standard InChI is InChI=1S/C55H99NO8/c1-3-5-7-9-11-13-15-17-19-20-21-22-23-24-25-26-27-28-29-30-31-33-35-37-39-41-43-45-51(59)56-48(47-63-55-54(62)53(61)52(60)50(46-57)64-55)49(58)44-42-40-38-36-34-32-18-16-14-12-10-8-6-4-2/h15,17,20-21,23-24,34,36,42,44,48-50,52-55,57-58,60-62H,3-14,16,18-19,22,25-33,35,37-41,43,45-47H2,1-2H3,(H,56,59)/b17-15-,21-20-,24-23-,36-34+,44-42+. The lowest BCUT2D eigenvalue weighted by Crippen LogP contribution is -2.60. The molecule has 0 bridgehead atoms. The van der Waals surface area contributed by atoms with E-state index in [0.717, 1.165) is 51.4 Å². The number of unbranched alkanes of at least 4 members (excludes halogenated alkanes) is 26. The molecule has 1 saturated heterocycles. The topological polar surface area (TPSA) is 149 Å². The summed E-state index contributed by atoms with van der Waals surface area (Å²) in [5.74, 6) is -0.190. The molecule has 0 saturated carbocycles. The lowest BCUT2D eigenvalue weighted by Gasteiger charge is -2.40. The van der Waals surface area contributed by atoms with E-state index in [-0.39, 0.29) is 12.5 Å². The van der Waals surface area contributed by atoms with Crippen LogP contribution in [0.2, 0.25) is 0 Å². The van der Waals surface area contributed by atoms with Gasteiger partial charge in [-0.25, -0.2) is 0 Å². The average molecular weight is 902 g/mol. The molecule has 0 radical (unpaired) electrons. The van der Waals surface area contributed by atoms with E-state index < -0.39 is 49.5 Å². The van der Waals surface area contributed by atoms with Crippen LogP contribution in [0.4, 0.5) is 0 Å². The molecule has 0 aromatic heterocycles. The van der Waals surface area contributed by atoms with Gasteiger partial charge in [0.2, 0.25) is 5.91 Å². The zero-order valence-corrected chi connectivity index (χ0v) is 41.0. The number of aliphatic hydroxyl groups is 5. The summed E-state index contributed by atoms with van der Waals surface area (Å²) >= 11 is 0. The summed E-state index contributed by atoms with van der Waals surface area (Å²) < 4.78 is 11.2. The number of allylic oxidation sites excluding steroid dienone is 9. The third kappa shape index (κ3) is 34.2. The Hall–Kier alpha value is -2.11. The fourth-order valence-corrected chi connectivity index (χ4v) is 8.06. The van der Waals surface area contributed by atoms with Crippen molar-refractivity contribution in [1.29, 1.82) is 0 Å². The summed E-state index contributed by atoms with van der Waals surface area (Å²) in [6.07, 6.45) is 52.8. The van der Waals surface area contributed by atoms with E-state index in [1.807, 2.05) is 6.08 Å². The minimum absolute atomic E-state index is 0.190. The number of carbonyl (C=O) groups is 1. The maximum Gasteiger partial charge on any atom is 0.220 e. The highest BCUT2D eigenvalue weighted by molar-refractivity contribution is 5.76. The monoisotopic (exact) mass is 902 g/mol. The average Bonchev–Trinajstić information content (AvgIpc) is 3.29. The Bertz CT molecular complexity index is 1180. The fourth-order valence-electron chi connectivity index (χ4n) is 8.06. The highest BCUT2D eigenvalue weighted by Gasteiger charge is 2.44. The number of rotatable bonds is 44. The van der Waals surface area contributed by atoms with E-state index in [1.165, 1.54) is 154 Å². The minimum Gasteiger partial charge on any atom is -0.394 e. The van der Waals surface area contributed by atoms with Crippen LogP contribution >= 0.6 is 0 Å². The molecule has 0 spiro atoms. The Kier molecular flexibility index (Phi) is 41.9. The predicted molar refractivity (Wildman–Crippen MR) is 267 cm³/mol. The summed E-state index contributed by atoms with van der Waals surface area (Å²) in [4.78, 5) is 13.0. The second kappa shape index (κ2) is 44.7. The summed E-state index contributed by atoms with van der Waals surface area (Å²) in [6.45, 7) is 3.74. The van der Waals surface area contributed by atoms with Crippen LogP contribution in [-0.4, -0.2) is 87.5 Å². The molecule has 0 aromatic carbocycles. The quantitative estimate of drug-likeness (QED) is 0.0262. The van der Waals surface area contributed by atoms with Crippen LogP contribution in [-0.2, 0) is 14.3 Å². The Morgan fingerprint density at radius 2 is 0.938 bits per heavy atom. The Morgan fingerprint density at radius 3 is 1.42 bits per heavy atom. The number of ether oxygens (including phenoxy) is 2. The van der Waals surface area contributed by atoms with Crippen molar-refractivity contribution in [2.75, 3.05) is 13.2 Å². The molecule has 9 nitrogen and oxygen atoms in total. The van der Waals surface area contributed by atoms with Gasteiger partial charge in [0.15, 0.2) is 6.29 Å². The van der Waals surface area contributed by atoms with E-state index in [4.69, 9.17) is 9.47 Å². The van der Waals surface area contributed by atoms with Crippen molar-refractivity contribution in [3.63, 3.8) is 0 Å². The van der Waals surface area contributed by atoms with Gasteiger partial charge < -0.3 is 40.3 Å². The smallest absolute Gasteiger partial charge is 0.220 e. The van der Waals surface area contributed by atoms with Crippen LogP contribution in [0.25, 0.3) is 0 Å². The van der Waals surface area contributed by atoms with Crippen molar-refractivity contribution in [3.8, 4) is 0 Å². The molecule has 1 fully saturated rings. The maximum atomic E-state index is 13.0. The molecule has 1 rings (SSSR count). The van der Waals surface area contributed by atoms with Crippen molar-refractivity contribution in [3.05, 3.63) is 60.8 Å². The number of aliphatic hydroxyl groups excluding tert-OH is 5. The van der Waals surface area contributed by atoms with E-state index >= 15 is 0 Å². The number of amides is 1. The van der Waals surface area contributed by atoms with Gasteiger partial charge in [0, 0.05) is 6.42 Å². The van der Waals surface area contributed by atoms with Crippen molar-refractivity contribution >= 4 is 5.91 Å². The van der Waals surface area contributed by atoms with Crippen LogP contribution in [0.1, 0.15) is 226 Å². The second-order valence-corrected chi connectivity index (χ2v) is 18.3. The Morgan fingerprint density at radius 1 is 0.531 bits per heavy atom. The Balaban J connectivity index is 2.24. The van der Waals surface area contributed by atoms with Gasteiger partial charge in [0.1, 0.15) is 24.4 Å². The van der Waals surface area contributed by atoms with Crippen molar-refractivity contribution in [1.82, 2.24) is 5.32 Å². The zero-order chi connectivity index (χ0) is 46.6. The second-order valence-electron chi connectivity index (χ2n) is 18.3. The number of hydrogen-bond donors (Lipinski definition) is 6. The molecule has 1 aliphatic heterocycles. The first-order chi connectivity index (χ1) is 31.3. The van der Waals surface area contributed by atoms with Crippen molar-refractivity contribution < 1.29 is 39.8 Å².